The Hall–Kier alpha value is -0.0375. The minimum absolute atomic E-state index is 0.195. The molecule has 0 aromatic heterocycles. The van der Waals surface area contributed by atoms with Gasteiger partial charge in [0.15, 0.2) is 0 Å². The molecule has 0 unspecified atom stereocenters. The first-order chi connectivity index (χ1) is 4.63. The molecule has 0 aliphatic heterocycles. The molecule has 0 heterocycles. The molecule has 5 heteroatoms. The third kappa shape index (κ3) is 1.07. The molecule has 1 rings (SSSR count). The zero-order chi connectivity index (χ0) is 7.78. The van der Waals surface area contributed by atoms with Gasteiger partial charge < -0.3 is 4.30 Å². The van der Waals surface area contributed by atoms with Gasteiger partial charge in [0.25, 0.3) is 0 Å². The molecule has 1 N–H and O–H groups in total. The van der Waals surface area contributed by atoms with E-state index in [9.17, 15) is 9.59 Å². The van der Waals surface area contributed by atoms with E-state index in [2.05, 4.69) is 4.30 Å². The summed E-state index contributed by atoms with van der Waals surface area (Å²) in [6, 6.07) is 0. The molecule has 3 nitrogen and oxygen atoms in total. The Labute approximate surface area is 71.7 Å². The van der Waals surface area contributed by atoms with Gasteiger partial charge in [-0.05, 0) is 24.4 Å². The maximum atomic E-state index is 11.0. The maximum Gasteiger partial charge on any atom is 0.364 e. The first-order valence-corrected chi connectivity index (χ1v) is 4.43. The van der Waals surface area contributed by atoms with E-state index < -0.39 is 10.7 Å². The number of nitrogens with one attached hydrogen (secondary N) is 1. The average molecular weight is 176 g/mol. The lowest BCUT2D eigenvalue weighted by Gasteiger charge is -2.06. The normalized spacial score (nSPS) is 19.7. The van der Waals surface area contributed by atoms with Crippen molar-refractivity contribution >= 4 is 39.3 Å². The van der Waals surface area contributed by atoms with E-state index in [0.717, 1.165) is 0 Å². The van der Waals surface area contributed by atoms with Crippen molar-refractivity contribution in [3.05, 3.63) is 0 Å². The Morgan fingerprint density at radius 1 is 1.50 bits per heavy atom. The lowest BCUT2D eigenvalue weighted by molar-refractivity contribution is -0.130. The van der Waals surface area contributed by atoms with E-state index in [0.29, 0.717) is 29.4 Å². The Bertz CT molecular complexity index is 190. The fourth-order valence-electron chi connectivity index (χ4n) is 0.877. The Kier molecular flexibility index (Phi) is 2.05. The topological polar surface area (TPSA) is 46.2 Å². The highest BCUT2D eigenvalue weighted by atomic mass is 35.5. The van der Waals surface area contributed by atoms with E-state index in [-0.39, 0.29) is 5.91 Å². The number of rotatable bonds is 2. The van der Waals surface area contributed by atoms with Crippen molar-refractivity contribution in [3.8, 4) is 0 Å². The Balaban J connectivity index is 2.69. The molecule has 0 radical (unpaired) electrons. The largest absolute Gasteiger partial charge is 0.452 e. The molecule has 0 aromatic carbocycles. The van der Waals surface area contributed by atoms with Gasteiger partial charge >= 0.3 is 16.5 Å². The van der Waals surface area contributed by atoms with Crippen molar-refractivity contribution in [1.29, 1.82) is 0 Å². The Morgan fingerprint density at radius 2 is 2.00 bits per heavy atom. The van der Waals surface area contributed by atoms with Gasteiger partial charge in [-0.3, -0.25) is 9.59 Å². The molecule has 1 aliphatic carbocycles. The number of hydrogen-bond acceptors (Lipinski definition) is 2. The molecule has 0 bridgehead atoms. The van der Waals surface area contributed by atoms with Gasteiger partial charge in [-0.25, -0.2) is 0 Å². The molecule has 0 saturated heterocycles. The molecule has 54 valence electrons. The summed E-state index contributed by atoms with van der Waals surface area (Å²) in [5.41, 5.74) is -0.830. The third-order valence-corrected chi connectivity index (χ3v) is 2.60. The summed E-state index contributed by atoms with van der Waals surface area (Å²) in [7, 11) is 0. The van der Waals surface area contributed by atoms with Crippen LogP contribution in [0.15, 0.2) is 0 Å². The fraction of sp³-hybridized carbons (Fsp3) is 0.600. The van der Waals surface area contributed by atoms with Crippen LogP contribution < -0.4 is 4.30 Å². The standard InChI is InChI=1S/C5H6ClNO2.Al.2H/c6-3(8)5(1-2-5)4(7)9;;;/h1-2H2,(H2,7,9);;;/q;+1;;/p-1. The molecular formula is C5H7AlClNO2. The van der Waals surface area contributed by atoms with Gasteiger partial charge in [0.1, 0.15) is 5.41 Å². The molecule has 1 saturated carbocycles. The van der Waals surface area contributed by atoms with Gasteiger partial charge in [0.05, 0.1) is 0 Å². The van der Waals surface area contributed by atoms with Crippen LogP contribution in [0.4, 0.5) is 0 Å². The second-order valence-corrected chi connectivity index (χ2v) is 3.28. The number of amides is 1. The SMILES string of the molecule is O=C(Cl)C1(C(=O)[NH][AlH2])CC1. The van der Waals surface area contributed by atoms with Crippen LogP contribution in [0.2, 0.25) is 0 Å². The molecule has 1 aliphatic rings. The molecule has 1 amide bonds. The van der Waals surface area contributed by atoms with Crippen molar-refractivity contribution in [2.45, 2.75) is 12.8 Å². The van der Waals surface area contributed by atoms with Crippen LogP contribution in [0.25, 0.3) is 0 Å². The second-order valence-electron chi connectivity index (χ2n) is 2.43. The summed E-state index contributed by atoms with van der Waals surface area (Å²) < 4.78 is 2.54. The lowest BCUT2D eigenvalue weighted by Crippen LogP contribution is -2.33. The summed E-state index contributed by atoms with van der Waals surface area (Å²) in [5.74, 6) is -0.195. The van der Waals surface area contributed by atoms with Gasteiger partial charge in [-0.15, -0.1) is 0 Å². The highest BCUT2D eigenvalue weighted by Gasteiger charge is 2.54. The molecular weight excluding hydrogens is 168 g/mol. The van der Waals surface area contributed by atoms with E-state index >= 15 is 0 Å². The zero-order valence-corrected chi connectivity index (χ0v) is 8.36. The number of halogens is 1. The molecule has 10 heavy (non-hydrogen) atoms. The quantitative estimate of drug-likeness (QED) is 0.339. The Morgan fingerprint density at radius 3 is 2.10 bits per heavy atom. The van der Waals surface area contributed by atoms with E-state index in [1.54, 1.807) is 0 Å². The minimum atomic E-state index is -0.830. The lowest BCUT2D eigenvalue weighted by atomic mass is 10.1. The van der Waals surface area contributed by atoms with E-state index in [1.807, 2.05) is 0 Å². The van der Waals surface area contributed by atoms with Crippen LogP contribution in [-0.2, 0) is 9.59 Å². The highest BCUT2D eigenvalue weighted by molar-refractivity contribution is 6.67. The third-order valence-electron chi connectivity index (χ3n) is 1.79. The van der Waals surface area contributed by atoms with Crippen molar-refractivity contribution in [1.82, 2.24) is 4.30 Å². The maximum absolute atomic E-state index is 11.0. The minimum Gasteiger partial charge on any atom is -0.452 e. The average Bonchev–Trinajstić information content (AvgIpc) is 2.65. The molecule has 1 fully saturated rings. The van der Waals surface area contributed by atoms with Gasteiger partial charge in [0, 0.05) is 0 Å². The predicted octanol–water partition coefficient (Wildman–Crippen LogP) is -0.804. The predicted molar refractivity (Wildman–Crippen MR) is 39.2 cm³/mol. The van der Waals surface area contributed by atoms with Crippen LogP contribution in [0.5, 0.6) is 0 Å². The first-order valence-electron chi connectivity index (χ1n) is 3.05. The van der Waals surface area contributed by atoms with Gasteiger partial charge in [0.2, 0.25) is 11.1 Å². The fourth-order valence-corrected chi connectivity index (χ4v) is 1.63. The van der Waals surface area contributed by atoms with Gasteiger partial charge in [-0.2, -0.15) is 0 Å². The number of carbonyl (C=O) groups is 2. The smallest absolute Gasteiger partial charge is 0.364 e. The first kappa shape index (κ1) is 8.06. The van der Waals surface area contributed by atoms with E-state index in [4.69, 9.17) is 11.6 Å². The van der Waals surface area contributed by atoms with Crippen LogP contribution in [0, 0.1) is 5.41 Å². The van der Waals surface area contributed by atoms with Crippen molar-refractivity contribution in [2.75, 3.05) is 0 Å². The van der Waals surface area contributed by atoms with Crippen LogP contribution in [-0.4, -0.2) is 27.7 Å². The number of carbonyl (C=O) groups excluding carboxylic acids is 2. The summed E-state index contributed by atoms with van der Waals surface area (Å²) in [4.78, 5) is 21.6. The molecule has 0 atom stereocenters. The van der Waals surface area contributed by atoms with E-state index in [1.165, 1.54) is 0 Å². The summed E-state index contributed by atoms with van der Waals surface area (Å²) >= 11 is 5.80. The number of hydrogen-bond donors (Lipinski definition) is 1. The molecule has 0 aromatic rings. The van der Waals surface area contributed by atoms with Crippen molar-refractivity contribution < 1.29 is 9.59 Å². The van der Waals surface area contributed by atoms with Gasteiger partial charge in [-0.1, -0.05) is 0 Å². The summed E-state index contributed by atoms with van der Waals surface area (Å²) in [5, 5.41) is -0.513. The second kappa shape index (κ2) is 2.54. The highest BCUT2D eigenvalue weighted by Crippen LogP contribution is 2.47. The molecule has 0 spiro atoms. The summed E-state index contributed by atoms with van der Waals surface area (Å²) in [6.45, 7) is 0. The zero-order valence-electron chi connectivity index (χ0n) is 5.61. The van der Waals surface area contributed by atoms with Crippen molar-refractivity contribution in [3.63, 3.8) is 0 Å². The monoisotopic (exact) mass is 175 g/mol. The van der Waals surface area contributed by atoms with Crippen LogP contribution in [0.1, 0.15) is 12.8 Å². The van der Waals surface area contributed by atoms with Crippen LogP contribution in [0.3, 0.4) is 0 Å². The summed E-state index contributed by atoms with van der Waals surface area (Å²) in [6.07, 6.45) is 1.23. The van der Waals surface area contributed by atoms with Crippen LogP contribution >= 0.6 is 11.6 Å². The van der Waals surface area contributed by atoms with Crippen molar-refractivity contribution in [2.24, 2.45) is 5.41 Å².